The minimum Gasteiger partial charge on any atom is -0.465 e. The number of nitrogens with zero attached hydrogens (tertiary/aromatic N) is 4. The largest absolute Gasteiger partial charge is 0.465 e. The van der Waals surface area contributed by atoms with Crippen LogP contribution in [0, 0.1) is 5.41 Å². The van der Waals surface area contributed by atoms with Crippen LogP contribution < -0.4 is 15.5 Å². The third kappa shape index (κ3) is 4.07. The SMILES string of the molecule is CC(C)(C)[C@H]1CN(c2nc(NC3CCNC3)nc3ccccc23)CCN1C(=O)O. The maximum atomic E-state index is 11.8. The van der Waals surface area contributed by atoms with E-state index >= 15 is 0 Å². The number of amides is 1. The van der Waals surface area contributed by atoms with Gasteiger partial charge in [0.2, 0.25) is 5.95 Å². The summed E-state index contributed by atoms with van der Waals surface area (Å²) in [6.07, 6.45) is 0.197. The maximum absolute atomic E-state index is 11.8. The number of hydrogen-bond acceptors (Lipinski definition) is 6. The van der Waals surface area contributed by atoms with E-state index in [1.165, 1.54) is 0 Å². The number of anilines is 2. The van der Waals surface area contributed by atoms with Gasteiger partial charge < -0.3 is 25.5 Å². The molecule has 3 heterocycles. The summed E-state index contributed by atoms with van der Waals surface area (Å²) >= 11 is 0. The van der Waals surface area contributed by atoms with E-state index in [0.717, 1.165) is 36.2 Å². The zero-order valence-electron chi connectivity index (χ0n) is 17.4. The first-order chi connectivity index (χ1) is 13.8. The Morgan fingerprint density at radius 1 is 1.24 bits per heavy atom. The molecule has 8 nitrogen and oxygen atoms in total. The molecule has 1 aromatic carbocycles. The second kappa shape index (κ2) is 7.67. The number of fused-ring (bicyclic) bond motifs is 1. The first kappa shape index (κ1) is 19.7. The fourth-order valence-electron chi connectivity index (χ4n) is 4.27. The van der Waals surface area contributed by atoms with Crippen molar-refractivity contribution in [1.82, 2.24) is 20.2 Å². The second-order valence-corrected chi connectivity index (χ2v) is 9.03. The lowest BCUT2D eigenvalue weighted by Gasteiger charge is -2.46. The lowest BCUT2D eigenvalue weighted by atomic mass is 9.84. The summed E-state index contributed by atoms with van der Waals surface area (Å²) < 4.78 is 0. The molecule has 0 spiro atoms. The molecule has 0 bridgehead atoms. The van der Waals surface area contributed by atoms with Crippen LogP contribution in [-0.4, -0.2) is 70.9 Å². The maximum Gasteiger partial charge on any atom is 0.407 e. The average Bonchev–Trinajstić information content (AvgIpc) is 3.19. The minimum absolute atomic E-state index is 0.113. The Hall–Kier alpha value is -2.61. The van der Waals surface area contributed by atoms with Gasteiger partial charge in [0.1, 0.15) is 5.82 Å². The molecule has 3 N–H and O–H groups in total. The van der Waals surface area contributed by atoms with Crippen LogP contribution in [0.5, 0.6) is 0 Å². The highest BCUT2D eigenvalue weighted by molar-refractivity contribution is 5.90. The van der Waals surface area contributed by atoms with Crippen LogP contribution in [0.3, 0.4) is 0 Å². The smallest absolute Gasteiger partial charge is 0.407 e. The number of para-hydroxylation sites is 1. The number of nitrogens with one attached hydrogen (secondary N) is 2. The van der Waals surface area contributed by atoms with Gasteiger partial charge in [-0.05, 0) is 30.5 Å². The summed E-state index contributed by atoms with van der Waals surface area (Å²) in [5.74, 6) is 1.52. The van der Waals surface area contributed by atoms with E-state index in [1.807, 2.05) is 24.3 Å². The zero-order valence-corrected chi connectivity index (χ0v) is 17.4. The topological polar surface area (TPSA) is 93.6 Å². The normalized spacial score (nSPS) is 22.9. The van der Waals surface area contributed by atoms with E-state index in [0.29, 0.717) is 31.6 Å². The van der Waals surface area contributed by atoms with Gasteiger partial charge in [-0.2, -0.15) is 4.98 Å². The Labute approximate surface area is 171 Å². The molecule has 0 saturated carbocycles. The third-order valence-corrected chi connectivity index (χ3v) is 5.90. The predicted molar refractivity (Wildman–Crippen MR) is 115 cm³/mol. The number of hydrogen-bond donors (Lipinski definition) is 3. The van der Waals surface area contributed by atoms with Gasteiger partial charge in [0, 0.05) is 37.6 Å². The lowest BCUT2D eigenvalue weighted by molar-refractivity contribution is 0.0747. The molecule has 156 valence electrons. The molecule has 0 aliphatic carbocycles. The highest BCUT2D eigenvalue weighted by Crippen LogP contribution is 2.32. The van der Waals surface area contributed by atoms with Gasteiger partial charge >= 0.3 is 6.09 Å². The van der Waals surface area contributed by atoms with Crippen LogP contribution in [0.4, 0.5) is 16.6 Å². The van der Waals surface area contributed by atoms with Crippen LogP contribution in [0.1, 0.15) is 27.2 Å². The first-order valence-corrected chi connectivity index (χ1v) is 10.3. The molecule has 2 aliphatic rings. The van der Waals surface area contributed by atoms with E-state index in [4.69, 9.17) is 9.97 Å². The summed E-state index contributed by atoms with van der Waals surface area (Å²) in [6, 6.07) is 8.25. The Balaban J connectivity index is 1.69. The Morgan fingerprint density at radius 3 is 2.72 bits per heavy atom. The Bertz CT molecular complexity index is 890. The van der Waals surface area contributed by atoms with Gasteiger partial charge in [0.15, 0.2) is 0 Å². The fourth-order valence-corrected chi connectivity index (χ4v) is 4.27. The molecule has 8 heteroatoms. The number of benzene rings is 1. The van der Waals surface area contributed by atoms with E-state index in [2.05, 4.69) is 36.3 Å². The van der Waals surface area contributed by atoms with E-state index < -0.39 is 6.09 Å². The standard InChI is InChI=1S/C21H30N6O2/c1-21(2,3)17-13-26(10-11-27(17)20(28)29)18-15-6-4-5-7-16(15)24-19(25-18)23-14-8-9-22-12-14/h4-7,14,17,22H,8-13H2,1-3H3,(H,28,29)(H,23,24,25)/t14?,17-/m1/s1. The lowest BCUT2D eigenvalue weighted by Crippen LogP contribution is -2.59. The van der Waals surface area contributed by atoms with Crippen molar-refractivity contribution in [3.8, 4) is 0 Å². The molecular formula is C21H30N6O2. The van der Waals surface area contributed by atoms with Gasteiger partial charge in [-0.3, -0.25) is 0 Å². The second-order valence-electron chi connectivity index (χ2n) is 9.03. The van der Waals surface area contributed by atoms with E-state index in [9.17, 15) is 9.90 Å². The molecule has 2 atom stereocenters. The molecule has 2 aliphatic heterocycles. The van der Waals surface area contributed by atoms with Gasteiger partial charge in [0.05, 0.1) is 11.6 Å². The van der Waals surface area contributed by atoms with Crippen LogP contribution in [0.15, 0.2) is 24.3 Å². The van der Waals surface area contributed by atoms with Crippen molar-refractivity contribution in [2.45, 2.75) is 39.3 Å². The number of carbonyl (C=O) groups is 1. The number of rotatable bonds is 3. The fraction of sp³-hybridized carbons (Fsp3) is 0.571. The quantitative estimate of drug-likeness (QED) is 0.732. The van der Waals surface area contributed by atoms with Crippen molar-refractivity contribution >= 4 is 28.8 Å². The average molecular weight is 399 g/mol. The summed E-state index contributed by atoms with van der Waals surface area (Å²) in [5.41, 5.74) is 0.732. The molecule has 1 aromatic heterocycles. The highest BCUT2D eigenvalue weighted by Gasteiger charge is 2.38. The minimum atomic E-state index is -0.854. The van der Waals surface area contributed by atoms with Gasteiger partial charge in [-0.25, -0.2) is 9.78 Å². The molecule has 2 saturated heterocycles. The summed E-state index contributed by atoms with van der Waals surface area (Å²) in [5, 5.41) is 17.5. The molecule has 1 unspecified atom stereocenters. The molecule has 2 aromatic rings. The molecule has 4 rings (SSSR count). The van der Waals surface area contributed by atoms with Crippen LogP contribution in [0.2, 0.25) is 0 Å². The summed E-state index contributed by atoms with van der Waals surface area (Å²) in [6.45, 7) is 9.88. The third-order valence-electron chi connectivity index (χ3n) is 5.90. The van der Waals surface area contributed by atoms with Crippen molar-refractivity contribution in [3.05, 3.63) is 24.3 Å². The predicted octanol–water partition coefficient (Wildman–Crippen LogP) is 2.62. The van der Waals surface area contributed by atoms with Gasteiger partial charge in [-0.15, -0.1) is 0 Å². The Morgan fingerprint density at radius 2 is 2.03 bits per heavy atom. The molecular weight excluding hydrogens is 368 g/mol. The van der Waals surface area contributed by atoms with Crippen molar-refractivity contribution in [3.63, 3.8) is 0 Å². The number of piperazine rings is 1. The monoisotopic (exact) mass is 398 g/mol. The Kier molecular flexibility index (Phi) is 5.21. The van der Waals surface area contributed by atoms with Crippen LogP contribution >= 0.6 is 0 Å². The van der Waals surface area contributed by atoms with E-state index in [1.54, 1.807) is 4.90 Å². The first-order valence-electron chi connectivity index (χ1n) is 10.3. The van der Waals surface area contributed by atoms with Crippen molar-refractivity contribution < 1.29 is 9.90 Å². The number of carboxylic acid groups (broad SMARTS) is 1. The van der Waals surface area contributed by atoms with Gasteiger partial charge in [0.25, 0.3) is 0 Å². The summed E-state index contributed by atoms with van der Waals surface area (Å²) in [4.78, 5) is 25.2. The molecule has 29 heavy (non-hydrogen) atoms. The van der Waals surface area contributed by atoms with Crippen LogP contribution in [-0.2, 0) is 0 Å². The van der Waals surface area contributed by atoms with Crippen molar-refractivity contribution in [2.24, 2.45) is 5.41 Å². The number of aromatic nitrogens is 2. The summed E-state index contributed by atoms with van der Waals surface area (Å²) in [7, 11) is 0. The molecule has 2 fully saturated rings. The highest BCUT2D eigenvalue weighted by atomic mass is 16.4. The molecule has 1 amide bonds. The van der Waals surface area contributed by atoms with Crippen molar-refractivity contribution in [2.75, 3.05) is 42.9 Å². The zero-order chi connectivity index (χ0) is 20.6. The molecule has 0 radical (unpaired) electrons. The van der Waals surface area contributed by atoms with Gasteiger partial charge in [-0.1, -0.05) is 32.9 Å². The van der Waals surface area contributed by atoms with E-state index in [-0.39, 0.29) is 11.5 Å². The van der Waals surface area contributed by atoms with Crippen molar-refractivity contribution in [1.29, 1.82) is 0 Å². The van der Waals surface area contributed by atoms with Crippen LogP contribution in [0.25, 0.3) is 10.9 Å².